The lowest BCUT2D eigenvalue weighted by atomic mass is 9.99. The maximum absolute atomic E-state index is 10.2. The van der Waals surface area contributed by atoms with Crippen molar-refractivity contribution in [1.29, 1.82) is 0 Å². The quantitative estimate of drug-likeness (QED) is 0.792. The molecule has 0 aliphatic carbocycles. The molecule has 1 aromatic heterocycles. The molecule has 5 heteroatoms. The van der Waals surface area contributed by atoms with E-state index in [9.17, 15) is 5.11 Å². The molecule has 2 unspecified atom stereocenters. The number of aromatic nitrogens is 2. The van der Waals surface area contributed by atoms with Crippen LogP contribution in [0.4, 0.5) is 0 Å². The second kappa shape index (κ2) is 4.20. The third kappa shape index (κ3) is 1.85. The third-order valence-corrected chi connectivity index (χ3v) is 2.86. The molecule has 5 nitrogen and oxygen atoms in total. The Morgan fingerprint density at radius 2 is 2.53 bits per heavy atom. The van der Waals surface area contributed by atoms with Gasteiger partial charge in [0.2, 0.25) is 0 Å². The van der Waals surface area contributed by atoms with Gasteiger partial charge in [-0.3, -0.25) is 4.68 Å². The van der Waals surface area contributed by atoms with Crippen LogP contribution in [0.15, 0.2) is 6.20 Å². The Bertz CT molecular complexity index is 331. The zero-order valence-corrected chi connectivity index (χ0v) is 9.01. The Kier molecular flexibility index (Phi) is 2.93. The number of nitrogens with zero attached hydrogens (tertiary/aromatic N) is 2. The molecule has 1 aliphatic heterocycles. The first-order valence-electron chi connectivity index (χ1n) is 5.05. The van der Waals surface area contributed by atoms with Gasteiger partial charge in [0.15, 0.2) is 5.75 Å². The molecule has 0 amide bonds. The van der Waals surface area contributed by atoms with Crippen LogP contribution >= 0.6 is 0 Å². The lowest BCUT2D eigenvalue weighted by Crippen LogP contribution is -2.16. The van der Waals surface area contributed by atoms with Crippen LogP contribution in [0, 0.1) is 5.92 Å². The van der Waals surface area contributed by atoms with E-state index in [-0.39, 0.29) is 5.92 Å². The molecule has 2 atom stereocenters. The van der Waals surface area contributed by atoms with Gasteiger partial charge in [0.1, 0.15) is 11.8 Å². The largest absolute Gasteiger partial charge is 0.493 e. The standard InChI is InChI=1S/C10H16N2O3/c1-12-9(8(14-2)5-11-12)10(13)7-3-4-15-6-7/h5,7,10,13H,3-4,6H2,1-2H3. The molecular formula is C10H16N2O3. The van der Waals surface area contributed by atoms with E-state index in [0.29, 0.717) is 12.4 Å². The van der Waals surface area contributed by atoms with Crippen LogP contribution in [0.3, 0.4) is 0 Å². The molecule has 1 aromatic rings. The summed E-state index contributed by atoms with van der Waals surface area (Å²) in [5.74, 6) is 0.784. The number of aryl methyl sites for hydroxylation is 1. The average molecular weight is 212 g/mol. The monoisotopic (exact) mass is 212 g/mol. The molecule has 2 rings (SSSR count). The lowest BCUT2D eigenvalue weighted by Gasteiger charge is -2.17. The summed E-state index contributed by atoms with van der Waals surface area (Å²) in [5, 5.41) is 14.3. The van der Waals surface area contributed by atoms with Gasteiger partial charge in [-0.2, -0.15) is 5.10 Å². The topological polar surface area (TPSA) is 56.5 Å². The number of ether oxygens (including phenoxy) is 2. The van der Waals surface area contributed by atoms with Crippen LogP contribution < -0.4 is 4.74 Å². The molecule has 15 heavy (non-hydrogen) atoms. The Balaban J connectivity index is 2.22. The van der Waals surface area contributed by atoms with Crippen LogP contribution in [0.25, 0.3) is 0 Å². The van der Waals surface area contributed by atoms with Gasteiger partial charge in [0, 0.05) is 19.6 Å². The van der Waals surface area contributed by atoms with E-state index in [1.54, 1.807) is 25.0 Å². The number of rotatable bonds is 3. The first-order valence-corrected chi connectivity index (χ1v) is 5.05. The summed E-state index contributed by atoms with van der Waals surface area (Å²) in [4.78, 5) is 0. The number of aliphatic hydroxyl groups excluding tert-OH is 1. The fourth-order valence-electron chi connectivity index (χ4n) is 1.95. The Morgan fingerprint density at radius 1 is 1.73 bits per heavy atom. The zero-order valence-electron chi connectivity index (χ0n) is 9.01. The Hall–Kier alpha value is -1.07. The minimum Gasteiger partial charge on any atom is -0.493 e. The minimum atomic E-state index is -0.560. The Labute approximate surface area is 88.6 Å². The molecule has 1 aliphatic rings. The van der Waals surface area contributed by atoms with Crippen LogP contribution in [0.2, 0.25) is 0 Å². The van der Waals surface area contributed by atoms with E-state index in [0.717, 1.165) is 18.7 Å². The second-order valence-electron chi connectivity index (χ2n) is 3.79. The SMILES string of the molecule is COc1cnn(C)c1C(O)C1CCOC1. The number of methoxy groups -OCH3 is 1. The van der Waals surface area contributed by atoms with E-state index in [2.05, 4.69) is 5.10 Å². The molecule has 0 bridgehead atoms. The predicted molar refractivity (Wildman–Crippen MR) is 53.6 cm³/mol. The fraction of sp³-hybridized carbons (Fsp3) is 0.700. The van der Waals surface area contributed by atoms with Gasteiger partial charge in [0.05, 0.1) is 19.9 Å². The third-order valence-electron chi connectivity index (χ3n) is 2.86. The van der Waals surface area contributed by atoms with Crippen LogP contribution in [-0.2, 0) is 11.8 Å². The van der Waals surface area contributed by atoms with Gasteiger partial charge in [0.25, 0.3) is 0 Å². The maximum Gasteiger partial charge on any atom is 0.162 e. The molecule has 0 radical (unpaired) electrons. The van der Waals surface area contributed by atoms with Crippen LogP contribution in [0.5, 0.6) is 5.75 Å². The average Bonchev–Trinajstić information content (AvgIpc) is 2.85. The summed E-state index contributed by atoms with van der Waals surface area (Å²) in [6, 6.07) is 0. The summed E-state index contributed by atoms with van der Waals surface area (Å²) >= 11 is 0. The van der Waals surface area contributed by atoms with Crippen LogP contribution in [0.1, 0.15) is 18.2 Å². The van der Waals surface area contributed by atoms with Crippen molar-refractivity contribution in [1.82, 2.24) is 9.78 Å². The lowest BCUT2D eigenvalue weighted by molar-refractivity contribution is 0.0832. The fourth-order valence-corrected chi connectivity index (χ4v) is 1.95. The molecule has 2 heterocycles. The van der Waals surface area contributed by atoms with Crippen molar-refractivity contribution in [3.63, 3.8) is 0 Å². The smallest absolute Gasteiger partial charge is 0.162 e. The first-order chi connectivity index (χ1) is 7.24. The van der Waals surface area contributed by atoms with Crippen molar-refractivity contribution in [2.24, 2.45) is 13.0 Å². The van der Waals surface area contributed by atoms with E-state index in [1.807, 2.05) is 0 Å². The van der Waals surface area contributed by atoms with Crippen LogP contribution in [-0.4, -0.2) is 35.2 Å². The number of aliphatic hydroxyl groups is 1. The van der Waals surface area contributed by atoms with E-state index in [4.69, 9.17) is 9.47 Å². The highest BCUT2D eigenvalue weighted by molar-refractivity contribution is 5.27. The van der Waals surface area contributed by atoms with Crippen molar-refractivity contribution in [3.8, 4) is 5.75 Å². The summed E-state index contributed by atoms with van der Waals surface area (Å²) in [5.41, 5.74) is 0.730. The minimum absolute atomic E-state index is 0.147. The van der Waals surface area contributed by atoms with Crippen molar-refractivity contribution in [3.05, 3.63) is 11.9 Å². The van der Waals surface area contributed by atoms with Crippen molar-refractivity contribution < 1.29 is 14.6 Å². The second-order valence-corrected chi connectivity index (χ2v) is 3.79. The molecule has 1 saturated heterocycles. The van der Waals surface area contributed by atoms with Gasteiger partial charge in [-0.25, -0.2) is 0 Å². The predicted octanol–water partition coefficient (Wildman–Crippen LogP) is 0.499. The molecular weight excluding hydrogens is 196 g/mol. The molecule has 0 spiro atoms. The van der Waals surface area contributed by atoms with Gasteiger partial charge in [-0.1, -0.05) is 0 Å². The summed E-state index contributed by atoms with van der Waals surface area (Å²) in [7, 11) is 3.38. The van der Waals surface area contributed by atoms with Gasteiger partial charge < -0.3 is 14.6 Å². The summed E-state index contributed by atoms with van der Waals surface area (Å²) in [6.45, 7) is 1.33. The first kappa shape index (κ1) is 10.4. The molecule has 0 saturated carbocycles. The zero-order chi connectivity index (χ0) is 10.8. The summed E-state index contributed by atoms with van der Waals surface area (Å²) < 4.78 is 12.1. The van der Waals surface area contributed by atoms with E-state index in [1.165, 1.54) is 0 Å². The summed E-state index contributed by atoms with van der Waals surface area (Å²) in [6.07, 6.45) is 1.94. The highest BCUT2D eigenvalue weighted by atomic mass is 16.5. The molecule has 0 aromatic carbocycles. The Morgan fingerprint density at radius 3 is 3.13 bits per heavy atom. The van der Waals surface area contributed by atoms with Crippen molar-refractivity contribution >= 4 is 0 Å². The van der Waals surface area contributed by atoms with E-state index >= 15 is 0 Å². The van der Waals surface area contributed by atoms with Gasteiger partial charge in [-0.05, 0) is 6.42 Å². The number of hydrogen-bond acceptors (Lipinski definition) is 4. The molecule has 1 fully saturated rings. The molecule has 84 valence electrons. The number of hydrogen-bond donors (Lipinski definition) is 1. The highest BCUT2D eigenvalue weighted by Crippen LogP contribution is 2.33. The highest BCUT2D eigenvalue weighted by Gasteiger charge is 2.29. The van der Waals surface area contributed by atoms with Crippen molar-refractivity contribution in [2.75, 3.05) is 20.3 Å². The van der Waals surface area contributed by atoms with E-state index < -0.39 is 6.10 Å². The van der Waals surface area contributed by atoms with Gasteiger partial charge in [-0.15, -0.1) is 0 Å². The van der Waals surface area contributed by atoms with Gasteiger partial charge >= 0.3 is 0 Å². The van der Waals surface area contributed by atoms with Crippen molar-refractivity contribution in [2.45, 2.75) is 12.5 Å². The maximum atomic E-state index is 10.2. The molecule has 1 N–H and O–H groups in total. The normalized spacial score (nSPS) is 23.0.